The summed E-state index contributed by atoms with van der Waals surface area (Å²) in [6, 6.07) is 1.40. The summed E-state index contributed by atoms with van der Waals surface area (Å²) in [4.78, 5) is 11.8. The number of nitrogens with two attached hydrogens (primary N) is 1. The summed E-state index contributed by atoms with van der Waals surface area (Å²) in [5.41, 5.74) is 6.78. The van der Waals surface area contributed by atoms with Crippen molar-refractivity contribution in [1.29, 1.82) is 0 Å². The van der Waals surface area contributed by atoms with Crippen LogP contribution in [0.4, 0.5) is 5.69 Å². The summed E-state index contributed by atoms with van der Waals surface area (Å²) >= 11 is 0. The molecular formula is C11H19N3O2. The zero-order chi connectivity index (χ0) is 12.1. The lowest BCUT2D eigenvalue weighted by molar-refractivity contribution is 0.0913. The fourth-order valence-electron chi connectivity index (χ4n) is 1.49. The summed E-state index contributed by atoms with van der Waals surface area (Å²) in [6.45, 7) is 4.46. The number of aromatic nitrogens is 1. The predicted octanol–water partition coefficient (Wildman–Crippen LogP) is 0.591. The molecule has 0 radical (unpaired) electrons. The SMILES string of the molecule is CCCn1cc(N)cc1C(=O)N[C@@H](C)CO. The average Bonchev–Trinajstić information content (AvgIpc) is 2.60. The van der Waals surface area contributed by atoms with Crippen LogP contribution >= 0.6 is 0 Å². The van der Waals surface area contributed by atoms with Gasteiger partial charge < -0.3 is 20.7 Å². The molecule has 0 unspecified atom stereocenters. The number of aryl methyl sites for hydroxylation is 1. The highest BCUT2D eigenvalue weighted by atomic mass is 16.3. The largest absolute Gasteiger partial charge is 0.397 e. The first-order valence-electron chi connectivity index (χ1n) is 5.45. The molecule has 0 saturated heterocycles. The number of nitrogens with one attached hydrogen (secondary N) is 1. The van der Waals surface area contributed by atoms with Crippen molar-refractivity contribution in [2.75, 3.05) is 12.3 Å². The molecule has 0 aliphatic carbocycles. The van der Waals surface area contributed by atoms with Gasteiger partial charge in [0.1, 0.15) is 5.69 Å². The van der Waals surface area contributed by atoms with Crippen LogP contribution in [0, 0.1) is 0 Å². The number of aliphatic hydroxyl groups is 1. The van der Waals surface area contributed by atoms with Gasteiger partial charge in [0.15, 0.2) is 0 Å². The highest BCUT2D eigenvalue weighted by Gasteiger charge is 2.14. The fourth-order valence-corrected chi connectivity index (χ4v) is 1.49. The molecule has 1 aromatic rings. The van der Waals surface area contributed by atoms with Gasteiger partial charge in [-0.1, -0.05) is 6.92 Å². The normalized spacial score (nSPS) is 12.4. The quantitative estimate of drug-likeness (QED) is 0.686. The van der Waals surface area contributed by atoms with Gasteiger partial charge in [-0.15, -0.1) is 0 Å². The van der Waals surface area contributed by atoms with E-state index in [9.17, 15) is 4.79 Å². The van der Waals surface area contributed by atoms with Gasteiger partial charge in [-0.25, -0.2) is 0 Å². The number of amides is 1. The molecule has 5 nitrogen and oxygen atoms in total. The maximum absolute atomic E-state index is 11.8. The molecule has 0 aromatic carbocycles. The number of hydrogen-bond donors (Lipinski definition) is 3. The van der Waals surface area contributed by atoms with Crippen LogP contribution in [0.15, 0.2) is 12.3 Å². The van der Waals surface area contributed by atoms with Crippen LogP contribution in [-0.4, -0.2) is 28.2 Å². The Kier molecular flexibility index (Phi) is 4.37. The lowest BCUT2D eigenvalue weighted by Crippen LogP contribution is -2.36. The third-order valence-electron chi connectivity index (χ3n) is 2.27. The van der Waals surface area contributed by atoms with Gasteiger partial charge in [-0.3, -0.25) is 4.79 Å². The Morgan fingerprint density at radius 1 is 1.69 bits per heavy atom. The highest BCUT2D eigenvalue weighted by molar-refractivity contribution is 5.94. The number of carbonyl (C=O) groups is 1. The van der Waals surface area contributed by atoms with E-state index in [1.807, 2.05) is 11.5 Å². The number of hydrogen-bond acceptors (Lipinski definition) is 3. The van der Waals surface area contributed by atoms with Crippen molar-refractivity contribution in [2.45, 2.75) is 32.9 Å². The van der Waals surface area contributed by atoms with E-state index in [-0.39, 0.29) is 18.6 Å². The van der Waals surface area contributed by atoms with Crippen molar-refractivity contribution in [1.82, 2.24) is 9.88 Å². The number of aliphatic hydroxyl groups excluding tert-OH is 1. The first-order chi connectivity index (χ1) is 7.58. The Hall–Kier alpha value is -1.49. The Bertz CT molecular complexity index is 360. The molecule has 0 fully saturated rings. The van der Waals surface area contributed by atoms with E-state index in [1.54, 1.807) is 19.2 Å². The van der Waals surface area contributed by atoms with E-state index in [0.717, 1.165) is 13.0 Å². The molecule has 0 aliphatic heterocycles. The van der Waals surface area contributed by atoms with E-state index in [4.69, 9.17) is 10.8 Å². The maximum Gasteiger partial charge on any atom is 0.268 e. The van der Waals surface area contributed by atoms with Gasteiger partial charge >= 0.3 is 0 Å². The molecule has 0 saturated carbocycles. The summed E-state index contributed by atoms with van der Waals surface area (Å²) in [7, 11) is 0. The Balaban J connectivity index is 2.81. The number of nitrogens with zero attached hydrogens (tertiary/aromatic N) is 1. The molecular weight excluding hydrogens is 206 g/mol. The van der Waals surface area contributed by atoms with Crippen molar-refractivity contribution in [3.05, 3.63) is 18.0 Å². The van der Waals surface area contributed by atoms with E-state index in [1.165, 1.54) is 0 Å². The van der Waals surface area contributed by atoms with Gasteiger partial charge in [-0.05, 0) is 19.4 Å². The minimum absolute atomic E-state index is 0.0737. The molecule has 90 valence electrons. The molecule has 0 spiro atoms. The van der Waals surface area contributed by atoms with Crippen molar-refractivity contribution in [2.24, 2.45) is 0 Å². The van der Waals surface area contributed by atoms with Crippen LogP contribution < -0.4 is 11.1 Å². The maximum atomic E-state index is 11.8. The summed E-state index contributed by atoms with van der Waals surface area (Å²) in [6.07, 6.45) is 2.69. The van der Waals surface area contributed by atoms with Gasteiger partial charge in [-0.2, -0.15) is 0 Å². The highest BCUT2D eigenvalue weighted by Crippen LogP contribution is 2.11. The third kappa shape index (κ3) is 3.00. The Morgan fingerprint density at radius 2 is 2.38 bits per heavy atom. The van der Waals surface area contributed by atoms with Crippen molar-refractivity contribution >= 4 is 11.6 Å². The van der Waals surface area contributed by atoms with Crippen molar-refractivity contribution in [3.63, 3.8) is 0 Å². The third-order valence-corrected chi connectivity index (χ3v) is 2.27. The van der Waals surface area contributed by atoms with Gasteiger partial charge in [0.2, 0.25) is 0 Å². The van der Waals surface area contributed by atoms with E-state index >= 15 is 0 Å². The molecule has 16 heavy (non-hydrogen) atoms. The molecule has 1 atom stereocenters. The number of anilines is 1. The molecule has 1 aromatic heterocycles. The monoisotopic (exact) mass is 225 g/mol. The smallest absolute Gasteiger partial charge is 0.268 e. The van der Waals surface area contributed by atoms with Crippen LogP contribution in [0.3, 0.4) is 0 Å². The summed E-state index contributed by atoms with van der Waals surface area (Å²) in [5, 5.41) is 11.6. The zero-order valence-electron chi connectivity index (χ0n) is 9.73. The molecule has 1 heterocycles. The number of rotatable bonds is 5. The Morgan fingerprint density at radius 3 is 2.94 bits per heavy atom. The second kappa shape index (κ2) is 5.55. The summed E-state index contributed by atoms with van der Waals surface area (Å²) < 4.78 is 1.83. The van der Waals surface area contributed by atoms with Crippen LogP contribution in [0.1, 0.15) is 30.8 Å². The number of nitrogen functional groups attached to an aromatic ring is 1. The van der Waals surface area contributed by atoms with E-state index < -0.39 is 0 Å². The molecule has 1 amide bonds. The van der Waals surface area contributed by atoms with Crippen LogP contribution in [0.5, 0.6) is 0 Å². The van der Waals surface area contributed by atoms with E-state index in [0.29, 0.717) is 11.4 Å². The Labute approximate surface area is 95.3 Å². The molecule has 0 bridgehead atoms. The molecule has 5 heteroatoms. The minimum Gasteiger partial charge on any atom is -0.397 e. The molecule has 0 aliphatic rings. The fraction of sp³-hybridized carbons (Fsp3) is 0.545. The lowest BCUT2D eigenvalue weighted by atomic mass is 10.3. The second-order valence-electron chi connectivity index (χ2n) is 3.91. The topological polar surface area (TPSA) is 80.3 Å². The molecule has 1 rings (SSSR count). The van der Waals surface area contributed by atoms with Gasteiger partial charge in [0.05, 0.1) is 12.3 Å². The van der Waals surface area contributed by atoms with Gasteiger partial charge in [0.25, 0.3) is 5.91 Å². The predicted molar refractivity (Wildman–Crippen MR) is 63.1 cm³/mol. The van der Waals surface area contributed by atoms with Crippen LogP contribution in [0.25, 0.3) is 0 Å². The van der Waals surface area contributed by atoms with Crippen LogP contribution in [0.2, 0.25) is 0 Å². The lowest BCUT2D eigenvalue weighted by Gasteiger charge is -2.12. The first-order valence-corrected chi connectivity index (χ1v) is 5.45. The minimum atomic E-state index is -0.251. The second-order valence-corrected chi connectivity index (χ2v) is 3.91. The van der Waals surface area contributed by atoms with Crippen molar-refractivity contribution < 1.29 is 9.90 Å². The average molecular weight is 225 g/mol. The van der Waals surface area contributed by atoms with Crippen molar-refractivity contribution in [3.8, 4) is 0 Å². The standard InChI is InChI=1S/C11H19N3O2/c1-3-4-14-6-9(12)5-10(14)11(16)13-8(2)7-15/h5-6,8,15H,3-4,7,12H2,1-2H3,(H,13,16)/t8-/m0/s1. The van der Waals surface area contributed by atoms with Gasteiger partial charge in [0, 0.05) is 18.8 Å². The first kappa shape index (κ1) is 12.6. The zero-order valence-corrected chi connectivity index (χ0v) is 9.73. The molecule has 4 N–H and O–H groups in total. The number of carbonyl (C=O) groups excluding carboxylic acids is 1. The van der Waals surface area contributed by atoms with E-state index in [2.05, 4.69) is 5.32 Å². The van der Waals surface area contributed by atoms with Crippen LogP contribution in [-0.2, 0) is 6.54 Å². The summed E-state index contributed by atoms with van der Waals surface area (Å²) in [5.74, 6) is -0.202.